The third-order valence-corrected chi connectivity index (χ3v) is 4.57. The quantitative estimate of drug-likeness (QED) is 0.535. The van der Waals surface area contributed by atoms with Gasteiger partial charge in [-0.25, -0.2) is 0 Å². The van der Waals surface area contributed by atoms with Crippen molar-refractivity contribution in [2.45, 2.75) is 37.8 Å². The molecule has 2 aliphatic rings. The van der Waals surface area contributed by atoms with Gasteiger partial charge in [0.1, 0.15) is 0 Å². The summed E-state index contributed by atoms with van der Waals surface area (Å²) in [6, 6.07) is 4.37. The maximum absolute atomic E-state index is 11.2. The summed E-state index contributed by atoms with van der Waals surface area (Å²) in [6.45, 7) is 1.75. The molecule has 1 saturated heterocycles. The Kier molecular flexibility index (Phi) is 4.91. The van der Waals surface area contributed by atoms with Crippen molar-refractivity contribution in [2.75, 3.05) is 19.9 Å². The minimum absolute atomic E-state index is 0.149. The van der Waals surface area contributed by atoms with Gasteiger partial charge in [-0.05, 0) is 6.07 Å². The van der Waals surface area contributed by atoms with E-state index in [4.69, 9.17) is 9.47 Å². The highest BCUT2D eigenvalue weighted by Crippen LogP contribution is 2.37. The molecule has 8 heteroatoms. The van der Waals surface area contributed by atoms with Gasteiger partial charge in [0.15, 0.2) is 11.5 Å². The summed E-state index contributed by atoms with van der Waals surface area (Å²) in [4.78, 5) is 13.0. The van der Waals surface area contributed by atoms with Crippen LogP contribution in [-0.2, 0) is 11.3 Å². The van der Waals surface area contributed by atoms with Crippen molar-refractivity contribution in [3.05, 3.63) is 23.8 Å². The molecular weight excluding hydrogens is 316 g/mol. The number of nitrogens with zero attached hydrogens (tertiary/aromatic N) is 1. The van der Waals surface area contributed by atoms with Crippen LogP contribution in [0.5, 0.6) is 11.5 Å². The highest BCUT2D eigenvalue weighted by atomic mass is 16.7. The van der Waals surface area contributed by atoms with E-state index in [0.29, 0.717) is 18.0 Å². The van der Waals surface area contributed by atoms with Crippen LogP contribution in [0.25, 0.3) is 0 Å². The number of aliphatic hydroxyl groups is 3. The zero-order valence-corrected chi connectivity index (χ0v) is 13.4. The van der Waals surface area contributed by atoms with Gasteiger partial charge in [-0.1, -0.05) is 12.1 Å². The Morgan fingerprint density at radius 3 is 2.75 bits per heavy atom. The number of likely N-dealkylation sites (tertiary alicyclic amines) is 1. The van der Waals surface area contributed by atoms with Crippen LogP contribution in [0.1, 0.15) is 12.5 Å². The second-order valence-electron chi connectivity index (χ2n) is 6.06. The third-order valence-electron chi connectivity index (χ3n) is 4.57. The van der Waals surface area contributed by atoms with E-state index in [0.717, 1.165) is 5.56 Å². The fraction of sp³-hybridized carbons (Fsp3) is 0.562. The number of amides is 1. The first kappa shape index (κ1) is 17.0. The fourth-order valence-electron chi connectivity index (χ4n) is 3.34. The molecule has 3 rings (SSSR count). The van der Waals surface area contributed by atoms with E-state index >= 15 is 0 Å². The van der Waals surface area contributed by atoms with E-state index in [2.05, 4.69) is 5.32 Å². The molecule has 2 heterocycles. The van der Waals surface area contributed by atoms with Crippen molar-refractivity contribution in [3.63, 3.8) is 0 Å². The van der Waals surface area contributed by atoms with Crippen molar-refractivity contribution < 1.29 is 29.6 Å². The molecule has 1 aromatic rings. The van der Waals surface area contributed by atoms with Gasteiger partial charge in [0.25, 0.3) is 0 Å². The molecule has 4 atom stereocenters. The summed E-state index contributed by atoms with van der Waals surface area (Å²) in [7, 11) is 0. The molecule has 0 aromatic heterocycles. The Balaban J connectivity index is 1.84. The van der Waals surface area contributed by atoms with Gasteiger partial charge in [-0.15, -0.1) is 0 Å². The Morgan fingerprint density at radius 1 is 1.29 bits per heavy atom. The van der Waals surface area contributed by atoms with Crippen LogP contribution < -0.4 is 14.8 Å². The summed E-state index contributed by atoms with van der Waals surface area (Å²) < 4.78 is 10.8. The number of nitrogens with one attached hydrogen (secondary N) is 1. The highest BCUT2D eigenvalue weighted by molar-refractivity contribution is 5.72. The minimum Gasteiger partial charge on any atom is -0.454 e. The summed E-state index contributed by atoms with van der Waals surface area (Å²) in [5, 5.41) is 32.8. The van der Waals surface area contributed by atoms with Crippen LogP contribution in [0.3, 0.4) is 0 Å². The Morgan fingerprint density at radius 2 is 2.04 bits per heavy atom. The standard InChI is InChI=1S/C16H22N2O6/c1-9(20)17-5-11-14(21)15(22)12(7-19)18(11)6-10-3-2-4-13-16(10)24-8-23-13/h2-4,11-12,14-15,19,21-22H,5-8H2,1H3,(H,17,20)/t11-,12-,14-,15-/m1/s1. The van der Waals surface area contributed by atoms with Crippen LogP contribution in [-0.4, -0.2) is 70.4 Å². The molecule has 2 aliphatic heterocycles. The molecule has 132 valence electrons. The Labute approximate surface area is 139 Å². The summed E-state index contributed by atoms with van der Waals surface area (Å²) in [6.07, 6.45) is -2.16. The molecule has 0 radical (unpaired) electrons. The van der Waals surface area contributed by atoms with Crippen molar-refractivity contribution in [2.24, 2.45) is 0 Å². The van der Waals surface area contributed by atoms with Gasteiger partial charge >= 0.3 is 0 Å². The van der Waals surface area contributed by atoms with E-state index in [1.54, 1.807) is 11.0 Å². The smallest absolute Gasteiger partial charge is 0.231 e. The number of aliphatic hydroxyl groups excluding tert-OH is 3. The SMILES string of the molecule is CC(=O)NC[C@@H]1[C@@H](O)[C@H](O)[C@@H](CO)N1Cc1cccc2c1OCO2. The number of hydrogen-bond acceptors (Lipinski definition) is 7. The number of rotatable bonds is 5. The van der Waals surface area contributed by atoms with E-state index < -0.39 is 24.3 Å². The average Bonchev–Trinajstić information content (AvgIpc) is 3.11. The number of carbonyl (C=O) groups excluding carboxylic acids is 1. The molecule has 0 bridgehead atoms. The molecule has 1 fully saturated rings. The normalized spacial score (nSPS) is 29.0. The zero-order valence-electron chi connectivity index (χ0n) is 13.4. The predicted molar refractivity (Wildman–Crippen MR) is 83.5 cm³/mol. The van der Waals surface area contributed by atoms with Crippen molar-refractivity contribution in [1.82, 2.24) is 10.2 Å². The topological polar surface area (TPSA) is 111 Å². The van der Waals surface area contributed by atoms with Gasteiger partial charge in [-0.3, -0.25) is 9.69 Å². The number of hydrogen-bond donors (Lipinski definition) is 4. The molecule has 1 aromatic carbocycles. The highest BCUT2D eigenvalue weighted by Gasteiger charge is 2.47. The second-order valence-corrected chi connectivity index (χ2v) is 6.06. The molecule has 24 heavy (non-hydrogen) atoms. The molecule has 4 N–H and O–H groups in total. The average molecular weight is 338 g/mol. The monoisotopic (exact) mass is 338 g/mol. The van der Waals surface area contributed by atoms with E-state index in [1.165, 1.54) is 6.92 Å². The van der Waals surface area contributed by atoms with Crippen LogP contribution in [0.15, 0.2) is 18.2 Å². The third kappa shape index (κ3) is 3.05. The maximum Gasteiger partial charge on any atom is 0.231 e. The van der Waals surface area contributed by atoms with Crippen molar-refractivity contribution >= 4 is 5.91 Å². The first-order chi connectivity index (χ1) is 11.5. The number of ether oxygens (including phenoxy) is 2. The molecule has 0 aliphatic carbocycles. The van der Waals surface area contributed by atoms with Gasteiger partial charge in [0.05, 0.1) is 30.9 Å². The summed E-state index contributed by atoms with van der Waals surface area (Å²) in [5.74, 6) is 1.05. The predicted octanol–water partition coefficient (Wildman–Crippen LogP) is -1.18. The van der Waals surface area contributed by atoms with E-state index in [1.807, 2.05) is 12.1 Å². The van der Waals surface area contributed by atoms with Gasteiger partial charge in [0, 0.05) is 25.6 Å². The lowest BCUT2D eigenvalue weighted by Gasteiger charge is -2.30. The second kappa shape index (κ2) is 6.94. The first-order valence-electron chi connectivity index (χ1n) is 7.87. The van der Waals surface area contributed by atoms with E-state index in [9.17, 15) is 20.1 Å². The Bertz CT molecular complexity index is 610. The zero-order chi connectivity index (χ0) is 17.3. The fourth-order valence-corrected chi connectivity index (χ4v) is 3.34. The first-order valence-corrected chi connectivity index (χ1v) is 7.87. The molecule has 8 nitrogen and oxygen atoms in total. The Hall–Kier alpha value is -1.87. The lowest BCUT2D eigenvalue weighted by molar-refractivity contribution is -0.119. The van der Waals surface area contributed by atoms with Crippen LogP contribution >= 0.6 is 0 Å². The van der Waals surface area contributed by atoms with Crippen LogP contribution in [0.2, 0.25) is 0 Å². The largest absolute Gasteiger partial charge is 0.454 e. The van der Waals surface area contributed by atoms with Crippen LogP contribution in [0.4, 0.5) is 0 Å². The molecular formula is C16H22N2O6. The molecule has 0 spiro atoms. The number of benzene rings is 1. The molecule has 0 unspecified atom stereocenters. The summed E-state index contributed by atoms with van der Waals surface area (Å²) >= 11 is 0. The molecule has 0 saturated carbocycles. The number of carbonyl (C=O) groups is 1. The van der Waals surface area contributed by atoms with Gasteiger partial charge < -0.3 is 30.1 Å². The minimum atomic E-state index is -1.09. The van der Waals surface area contributed by atoms with Crippen LogP contribution in [0, 0.1) is 0 Å². The molecule has 1 amide bonds. The maximum atomic E-state index is 11.2. The number of para-hydroxylation sites is 1. The lowest BCUT2D eigenvalue weighted by Crippen LogP contribution is -2.46. The van der Waals surface area contributed by atoms with Gasteiger partial charge in [-0.2, -0.15) is 0 Å². The lowest BCUT2D eigenvalue weighted by atomic mass is 10.1. The van der Waals surface area contributed by atoms with Crippen molar-refractivity contribution in [1.29, 1.82) is 0 Å². The van der Waals surface area contributed by atoms with Gasteiger partial charge in [0.2, 0.25) is 12.7 Å². The summed E-state index contributed by atoms with van der Waals surface area (Å²) in [5.41, 5.74) is 0.831. The van der Waals surface area contributed by atoms with Crippen molar-refractivity contribution in [3.8, 4) is 11.5 Å². The van der Waals surface area contributed by atoms with E-state index in [-0.39, 0.29) is 25.9 Å². The number of fused-ring (bicyclic) bond motifs is 1.